The molecule has 0 N–H and O–H groups in total. The first-order valence-electron chi connectivity index (χ1n) is 7.90. The van der Waals surface area contributed by atoms with Gasteiger partial charge in [0.25, 0.3) is 0 Å². The first-order chi connectivity index (χ1) is 10.6. The monoisotopic (exact) mass is 306 g/mol. The molecule has 0 nitrogen and oxygen atoms in total. The molecular formula is C19H21F3. The number of hydrogen-bond acceptors (Lipinski definition) is 0. The van der Waals surface area contributed by atoms with Crippen molar-refractivity contribution in [1.82, 2.24) is 0 Å². The number of hydrogen-bond donors (Lipinski definition) is 0. The quantitative estimate of drug-likeness (QED) is 0.357. The van der Waals surface area contributed by atoms with Gasteiger partial charge >= 0.3 is 6.18 Å². The summed E-state index contributed by atoms with van der Waals surface area (Å²) in [7, 11) is 0. The predicted octanol–water partition coefficient (Wildman–Crippen LogP) is 6.12. The average molecular weight is 306 g/mol. The molecule has 0 heterocycles. The molecule has 0 saturated heterocycles. The lowest BCUT2D eigenvalue weighted by Crippen LogP contribution is -2.04. The summed E-state index contributed by atoms with van der Waals surface area (Å²) in [4.78, 5) is 0. The van der Waals surface area contributed by atoms with Gasteiger partial charge in [-0.1, -0.05) is 23.5 Å². The van der Waals surface area contributed by atoms with Crippen LogP contribution in [0.3, 0.4) is 0 Å². The Kier molecular flexibility index (Phi) is 6.12. The zero-order valence-corrected chi connectivity index (χ0v) is 12.7. The summed E-state index contributed by atoms with van der Waals surface area (Å²) in [6.45, 7) is 0. The molecule has 22 heavy (non-hydrogen) atoms. The van der Waals surface area contributed by atoms with Gasteiger partial charge in [-0.2, -0.15) is 13.2 Å². The molecule has 1 aromatic carbocycles. The number of alkyl halides is 3. The van der Waals surface area contributed by atoms with Crippen LogP contribution in [0.25, 0.3) is 0 Å². The van der Waals surface area contributed by atoms with Crippen LogP contribution in [0, 0.1) is 11.8 Å². The lowest BCUT2D eigenvalue weighted by atomic mass is 9.95. The van der Waals surface area contributed by atoms with Gasteiger partial charge in [0.1, 0.15) is 0 Å². The lowest BCUT2D eigenvalue weighted by molar-refractivity contribution is -0.137. The highest BCUT2D eigenvalue weighted by molar-refractivity contribution is 5.36. The highest BCUT2D eigenvalue weighted by atomic mass is 19.4. The van der Waals surface area contributed by atoms with Crippen molar-refractivity contribution < 1.29 is 13.2 Å². The van der Waals surface area contributed by atoms with E-state index >= 15 is 0 Å². The summed E-state index contributed by atoms with van der Waals surface area (Å²) in [5.74, 6) is 5.98. The minimum atomic E-state index is -4.28. The van der Waals surface area contributed by atoms with E-state index in [0.717, 1.165) is 31.4 Å². The van der Waals surface area contributed by atoms with E-state index in [4.69, 9.17) is 0 Å². The number of benzene rings is 1. The Morgan fingerprint density at radius 1 is 1.00 bits per heavy atom. The van der Waals surface area contributed by atoms with E-state index in [9.17, 15) is 13.2 Å². The SMILES string of the molecule is FC(F)(F)c1ccc(C#CCCCCC2=CCCCC2)cc1. The van der Waals surface area contributed by atoms with E-state index < -0.39 is 11.7 Å². The number of allylic oxidation sites excluding steroid dienone is 2. The molecule has 0 aromatic heterocycles. The fourth-order valence-electron chi connectivity index (χ4n) is 2.60. The van der Waals surface area contributed by atoms with Crippen molar-refractivity contribution in [3.05, 3.63) is 47.0 Å². The summed E-state index contributed by atoms with van der Waals surface area (Å²) < 4.78 is 37.3. The fourth-order valence-corrected chi connectivity index (χ4v) is 2.60. The summed E-state index contributed by atoms with van der Waals surface area (Å²) in [5.41, 5.74) is 1.60. The van der Waals surface area contributed by atoms with Gasteiger partial charge in [-0.05, 0) is 69.2 Å². The van der Waals surface area contributed by atoms with Gasteiger partial charge in [-0.15, -0.1) is 0 Å². The van der Waals surface area contributed by atoms with Crippen LogP contribution in [-0.2, 0) is 6.18 Å². The molecule has 0 unspecified atom stereocenters. The van der Waals surface area contributed by atoms with E-state index in [1.54, 1.807) is 5.57 Å². The minimum absolute atomic E-state index is 0.626. The summed E-state index contributed by atoms with van der Waals surface area (Å²) >= 11 is 0. The van der Waals surface area contributed by atoms with Crippen LogP contribution in [-0.4, -0.2) is 0 Å². The molecule has 1 aromatic rings. The number of rotatable bonds is 4. The van der Waals surface area contributed by atoms with Crippen molar-refractivity contribution >= 4 is 0 Å². The van der Waals surface area contributed by atoms with E-state index in [0.29, 0.717) is 5.56 Å². The molecule has 0 aliphatic heterocycles. The second-order valence-corrected chi connectivity index (χ2v) is 5.69. The first kappa shape index (κ1) is 16.7. The molecule has 0 atom stereocenters. The third kappa shape index (κ3) is 5.60. The molecule has 2 rings (SSSR count). The second kappa shape index (κ2) is 8.08. The molecule has 1 aliphatic rings. The van der Waals surface area contributed by atoms with Crippen LogP contribution >= 0.6 is 0 Å². The normalized spacial score (nSPS) is 15.0. The molecule has 1 aliphatic carbocycles. The molecule has 118 valence electrons. The van der Waals surface area contributed by atoms with Crippen LogP contribution < -0.4 is 0 Å². The van der Waals surface area contributed by atoms with Crippen molar-refractivity contribution in [3.63, 3.8) is 0 Å². The van der Waals surface area contributed by atoms with Crippen LogP contribution in [0.15, 0.2) is 35.9 Å². The zero-order valence-electron chi connectivity index (χ0n) is 12.7. The van der Waals surface area contributed by atoms with Crippen LogP contribution in [0.2, 0.25) is 0 Å². The topological polar surface area (TPSA) is 0 Å². The molecular weight excluding hydrogens is 285 g/mol. The summed E-state index contributed by atoms with van der Waals surface area (Å²) in [6, 6.07) is 5.03. The smallest absolute Gasteiger partial charge is 0.166 e. The van der Waals surface area contributed by atoms with Gasteiger partial charge < -0.3 is 0 Å². The molecule has 0 spiro atoms. The summed E-state index contributed by atoms with van der Waals surface area (Å²) in [5, 5.41) is 0. The van der Waals surface area contributed by atoms with Crippen molar-refractivity contribution in [1.29, 1.82) is 0 Å². The Morgan fingerprint density at radius 3 is 2.41 bits per heavy atom. The molecule has 0 saturated carbocycles. The van der Waals surface area contributed by atoms with Gasteiger partial charge in [0, 0.05) is 12.0 Å². The Morgan fingerprint density at radius 2 is 1.77 bits per heavy atom. The van der Waals surface area contributed by atoms with Gasteiger partial charge in [-0.3, -0.25) is 0 Å². The maximum absolute atomic E-state index is 12.4. The predicted molar refractivity (Wildman–Crippen MR) is 83.3 cm³/mol. The van der Waals surface area contributed by atoms with Gasteiger partial charge in [0.05, 0.1) is 5.56 Å². The third-order valence-electron chi connectivity index (χ3n) is 3.88. The zero-order chi connectivity index (χ0) is 15.8. The molecule has 0 fully saturated rings. The largest absolute Gasteiger partial charge is 0.416 e. The van der Waals surface area contributed by atoms with Gasteiger partial charge in [0.2, 0.25) is 0 Å². The lowest BCUT2D eigenvalue weighted by Gasteiger charge is -2.11. The molecule has 0 radical (unpaired) electrons. The van der Waals surface area contributed by atoms with Crippen molar-refractivity contribution in [2.75, 3.05) is 0 Å². The Labute approximate surface area is 130 Å². The Hall–Kier alpha value is -1.69. The van der Waals surface area contributed by atoms with Gasteiger partial charge in [0.15, 0.2) is 0 Å². The Bertz CT molecular complexity index is 553. The Balaban J connectivity index is 1.71. The average Bonchev–Trinajstić information content (AvgIpc) is 2.51. The standard InChI is InChI=1S/C19H21F3/c20-19(21,22)18-14-12-17(13-15-18)11-5-2-1-4-8-16-9-6-3-7-10-16/h9,12-15H,1-4,6-8,10H2. The van der Waals surface area contributed by atoms with Crippen LogP contribution in [0.5, 0.6) is 0 Å². The molecule has 0 bridgehead atoms. The fraction of sp³-hybridized carbons (Fsp3) is 0.474. The summed E-state index contributed by atoms with van der Waals surface area (Å²) in [6.07, 6.45) is 7.37. The van der Waals surface area contributed by atoms with E-state index in [1.807, 2.05) is 0 Å². The van der Waals surface area contributed by atoms with E-state index in [2.05, 4.69) is 17.9 Å². The minimum Gasteiger partial charge on any atom is -0.166 e. The highest BCUT2D eigenvalue weighted by Gasteiger charge is 2.29. The maximum atomic E-state index is 12.4. The highest BCUT2D eigenvalue weighted by Crippen LogP contribution is 2.29. The number of halogens is 3. The van der Waals surface area contributed by atoms with E-state index in [1.165, 1.54) is 44.2 Å². The van der Waals surface area contributed by atoms with Crippen molar-refractivity contribution in [3.8, 4) is 11.8 Å². The molecule has 0 amide bonds. The third-order valence-corrected chi connectivity index (χ3v) is 3.88. The van der Waals surface area contributed by atoms with Gasteiger partial charge in [-0.25, -0.2) is 0 Å². The van der Waals surface area contributed by atoms with Crippen LogP contribution in [0.4, 0.5) is 13.2 Å². The maximum Gasteiger partial charge on any atom is 0.416 e. The molecule has 3 heteroatoms. The second-order valence-electron chi connectivity index (χ2n) is 5.69. The first-order valence-corrected chi connectivity index (χ1v) is 7.90. The van der Waals surface area contributed by atoms with Crippen molar-refractivity contribution in [2.24, 2.45) is 0 Å². The van der Waals surface area contributed by atoms with Crippen molar-refractivity contribution in [2.45, 2.75) is 57.5 Å². The van der Waals surface area contributed by atoms with E-state index in [-0.39, 0.29) is 0 Å². The van der Waals surface area contributed by atoms with Crippen LogP contribution in [0.1, 0.15) is 62.5 Å². The number of unbranched alkanes of at least 4 members (excludes halogenated alkanes) is 2.